The van der Waals surface area contributed by atoms with Gasteiger partial charge in [-0.3, -0.25) is 14.5 Å². The molecule has 6 nitrogen and oxygen atoms in total. The average Bonchev–Trinajstić information content (AvgIpc) is 3.03. The third kappa shape index (κ3) is 2.52. The van der Waals surface area contributed by atoms with Crippen molar-refractivity contribution >= 4 is 34.7 Å². The number of nitrogens with one attached hydrogen (secondary N) is 1. The minimum Gasteiger partial charge on any atom is -0.384 e. The molecule has 1 unspecified atom stereocenters. The lowest BCUT2D eigenvalue weighted by atomic mass is 9.63. The first kappa shape index (κ1) is 20.3. The lowest BCUT2D eigenvalue weighted by Gasteiger charge is -2.43. The summed E-state index contributed by atoms with van der Waals surface area (Å²) in [5.41, 5.74) is 9.83. The number of carbonyl (C=O) groups excluding carboxylic acids is 2. The summed E-state index contributed by atoms with van der Waals surface area (Å²) in [4.78, 5) is 28.8. The lowest BCUT2D eigenvalue weighted by Crippen LogP contribution is -2.50. The average molecular weight is 445 g/mol. The Morgan fingerprint density at radius 3 is 2.66 bits per heavy atom. The predicted octanol–water partition coefficient (Wildman–Crippen LogP) is 4.37. The van der Waals surface area contributed by atoms with E-state index in [4.69, 9.17) is 17.3 Å². The molecule has 2 aromatic carbocycles. The number of hydrogen-bond acceptors (Lipinski definition) is 5. The van der Waals surface area contributed by atoms with Crippen molar-refractivity contribution in [2.24, 2.45) is 5.73 Å². The number of nitriles is 1. The van der Waals surface area contributed by atoms with Gasteiger partial charge in [0.2, 0.25) is 5.91 Å². The Hall–Kier alpha value is -3.56. The van der Waals surface area contributed by atoms with Gasteiger partial charge in [-0.25, -0.2) is 0 Å². The number of anilines is 2. The molecule has 1 spiro atoms. The van der Waals surface area contributed by atoms with Crippen LogP contribution in [0.4, 0.5) is 11.4 Å². The molecule has 0 saturated heterocycles. The van der Waals surface area contributed by atoms with E-state index >= 15 is 0 Å². The smallest absolute Gasteiger partial charge is 0.245 e. The van der Waals surface area contributed by atoms with Crippen molar-refractivity contribution in [2.45, 2.75) is 38.5 Å². The Morgan fingerprint density at radius 1 is 1.16 bits per heavy atom. The van der Waals surface area contributed by atoms with Crippen LogP contribution in [0.25, 0.3) is 0 Å². The summed E-state index contributed by atoms with van der Waals surface area (Å²) in [6, 6.07) is 13.2. The number of carbonyl (C=O) groups is 2. The molecule has 2 aliphatic heterocycles. The van der Waals surface area contributed by atoms with Crippen LogP contribution in [0.15, 0.2) is 59.1 Å². The quantitative estimate of drug-likeness (QED) is 0.680. The minimum absolute atomic E-state index is 0.0602. The van der Waals surface area contributed by atoms with Gasteiger partial charge in [0.1, 0.15) is 17.3 Å². The highest BCUT2D eigenvalue weighted by Crippen LogP contribution is 2.55. The Balaban J connectivity index is 1.88. The molecule has 160 valence electrons. The highest BCUT2D eigenvalue weighted by molar-refractivity contribution is 6.31. The number of nitrogens with two attached hydrogens (primary N) is 1. The normalized spacial score (nSPS) is 22.1. The molecule has 3 aliphatic rings. The molecule has 1 amide bonds. The number of ketones is 1. The van der Waals surface area contributed by atoms with E-state index in [0.717, 1.165) is 11.1 Å². The van der Waals surface area contributed by atoms with Gasteiger partial charge >= 0.3 is 0 Å². The van der Waals surface area contributed by atoms with Gasteiger partial charge in [0, 0.05) is 39.7 Å². The standard InChI is InChI=1S/C25H21ClN4O2/c1-13-6-9-19-16(10-13)25(24(32)29-19)17(12-27)23(28)30(15-8-7-14(2)18(26)11-15)20-4-3-5-21(31)22(20)25/h6-11H,3-5,28H2,1-2H3,(H,29,32). The van der Waals surface area contributed by atoms with E-state index in [9.17, 15) is 14.9 Å². The number of amides is 1. The summed E-state index contributed by atoms with van der Waals surface area (Å²) in [5, 5.41) is 13.7. The van der Waals surface area contributed by atoms with E-state index in [-0.39, 0.29) is 17.2 Å². The van der Waals surface area contributed by atoms with Crippen molar-refractivity contribution in [3.63, 3.8) is 0 Å². The molecule has 7 heteroatoms. The molecule has 0 saturated carbocycles. The third-order valence-corrected chi connectivity index (χ3v) is 7.00. The molecule has 0 bridgehead atoms. The van der Waals surface area contributed by atoms with Gasteiger partial charge in [-0.1, -0.05) is 35.4 Å². The molecular weight excluding hydrogens is 424 g/mol. The van der Waals surface area contributed by atoms with Crippen LogP contribution < -0.4 is 16.0 Å². The van der Waals surface area contributed by atoms with Crippen molar-refractivity contribution in [1.29, 1.82) is 5.26 Å². The zero-order valence-corrected chi connectivity index (χ0v) is 18.5. The van der Waals surface area contributed by atoms with Crippen molar-refractivity contribution < 1.29 is 9.59 Å². The number of halogens is 1. The van der Waals surface area contributed by atoms with E-state index in [1.165, 1.54) is 0 Å². The van der Waals surface area contributed by atoms with Gasteiger partial charge in [0.25, 0.3) is 0 Å². The van der Waals surface area contributed by atoms with Gasteiger partial charge < -0.3 is 11.1 Å². The zero-order valence-electron chi connectivity index (χ0n) is 17.8. The Morgan fingerprint density at radius 2 is 1.94 bits per heavy atom. The maximum Gasteiger partial charge on any atom is 0.245 e. The van der Waals surface area contributed by atoms with Crippen molar-refractivity contribution in [3.05, 3.63) is 80.8 Å². The van der Waals surface area contributed by atoms with Crippen molar-refractivity contribution in [2.75, 3.05) is 10.2 Å². The van der Waals surface area contributed by atoms with Crippen LogP contribution in [0.2, 0.25) is 5.02 Å². The highest BCUT2D eigenvalue weighted by atomic mass is 35.5. The first-order chi connectivity index (χ1) is 15.3. The van der Waals surface area contributed by atoms with E-state index in [0.29, 0.717) is 52.5 Å². The van der Waals surface area contributed by atoms with E-state index in [1.54, 1.807) is 11.0 Å². The fraction of sp³-hybridized carbons (Fsp3) is 0.240. The number of aryl methyl sites for hydroxylation is 2. The minimum atomic E-state index is -1.54. The Labute approximate surface area is 191 Å². The number of rotatable bonds is 1. The molecule has 3 N–H and O–H groups in total. The van der Waals surface area contributed by atoms with Crippen LogP contribution >= 0.6 is 11.6 Å². The monoisotopic (exact) mass is 444 g/mol. The maximum absolute atomic E-state index is 13.6. The van der Waals surface area contributed by atoms with Crippen LogP contribution in [0.5, 0.6) is 0 Å². The second-order valence-electron chi connectivity index (χ2n) is 8.49. The van der Waals surface area contributed by atoms with E-state index in [2.05, 4.69) is 11.4 Å². The van der Waals surface area contributed by atoms with Crippen LogP contribution in [0, 0.1) is 25.2 Å². The summed E-state index contributed by atoms with van der Waals surface area (Å²) < 4.78 is 0. The summed E-state index contributed by atoms with van der Waals surface area (Å²) in [6.07, 6.45) is 1.51. The largest absolute Gasteiger partial charge is 0.384 e. The number of Topliss-reactive ketones (excluding diaryl/α,β-unsaturated/α-hetero) is 1. The SMILES string of the molecule is Cc1ccc2c(c1)C1(C(=O)N2)C(C#N)=C(N)N(c2ccc(C)c(Cl)c2)C2=C1C(=O)CCC2. The Kier molecular flexibility index (Phi) is 4.44. The fourth-order valence-electron chi connectivity index (χ4n) is 5.12. The number of benzene rings is 2. The molecule has 1 atom stereocenters. The second-order valence-corrected chi connectivity index (χ2v) is 8.90. The van der Waals surface area contributed by atoms with Crippen molar-refractivity contribution in [3.8, 4) is 6.07 Å². The van der Waals surface area contributed by atoms with E-state index < -0.39 is 11.3 Å². The summed E-state index contributed by atoms with van der Waals surface area (Å²) in [5.74, 6) is -0.411. The topological polar surface area (TPSA) is 99.2 Å². The molecule has 2 heterocycles. The van der Waals surface area contributed by atoms with Gasteiger partial charge in [-0.05, 0) is 50.5 Å². The molecule has 5 rings (SSSR count). The number of fused-ring (bicyclic) bond motifs is 3. The van der Waals surface area contributed by atoms with Crippen LogP contribution in [0.1, 0.15) is 36.0 Å². The van der Waals surface area contributed by atoms with Crippen LogP contribution in [-0.2, 0) is 15.0 Å². The predicted molar refractivity (Wildman–Crippen MR) is 123 cm³/mol. The summed E-state index contributed by atoms with van der Waals surface area (Å²) in [6.45, 7) is 3.81. The van der Waals surface area contributed by atoms with Gasteiger partial charge in [-0.15, -0.1) is 0 Å². The van der Waals surface area contributed by atoms with E-state index in [1.807, 2.05) is 44.2 Å². The highest BCUT2D eigenvalue weighted by Gasteiger charge is 2.60. The molecule has 0 fully saturated rings. The van der Waals surface area contributed by atoms with Gasteiger partial charge in [0.05, 0.1) is 5.57 Å². The van der Waals surface area contributed by atoms with Crippen LogP contribution in [-0.4, -0.2) is 11.7 Å². The van der Waals surface area contributed by atoms with Gasteiger partial charge in [-0.2, -0.15) is 5.26 Å². The molecule has 0 radical (unpaired) electrons. The number of nitrogens with zero attached hydrogens (tertiary/aromatic N) is 2. The zero-order chi connectivity index (χ0) is 22.8. The molecule has 32 heavy (non-hydrogen) atoms. The molecule has 0 aromatic heterocycles. The first-order valence-corrected chi connectivity index (χ1v) is 10.8. The summed E-state index contributed by atoms with van der Waals surface area (Å²) >= 11 is 6.39. The lowest BCUT2D eigenvalue weighted by molar-refractivity contribution is -0.122. The number of allylic oxidation sites excluding steroid dienone is 1. The second kappa shape index (κ2) is 6.98. The fourth-order valence-corrected chi connectivity index (χ4v) is 5.29. The molecule has 1 aliphatic carbocycles. The number of hydrogen-bond donors (Lipinski definition) is 2. The summed E-state index contributed by atoms with van der Waals surface area (Å²) in [7, 11) is 0. The third-order valence-electron chi connectivity index (χ3n) is 6.60. The van der Waals surface area contributed by atoms with Crippen molar-refractivity contribution in [1.82, 2.24) is 0 Å². The molecular formula is C25H21ClN4O2. The molecule has 2 aromatic rings. The van der Waals surface area contributed by atoms with Crippen LogP contribution in [0.3, 0.4) is 0 Å². The first-order valence-electron chi connectivity index (χ1n) is 10.5. The van der Waals surface area contributed by atoms with Gasteiger partial charge in [0.15, 0.2) is 5.78 Å². The Bertz CT molecular complexity index is 1330. The maximum atomic E-state index is 13.6.